The van der Waals surface area contributed by atoms with Crippen LogP contribution in [0.5, 0.6) is 0 Å². The van der Waals surface area contributed by atoms with Crippen LogP contribution in [-0.2, 0) is 20.8 Å². The molecule has 0 fully saturated rings. The van der Waals surface area contributed by atoms with Gasteiger partial charge in [0.25, 0.3) is 0 Å². The minimum atomic E-state index is -3.87. The second-order valence-electron chi connectivity index (χ2n) is 4.06. The van der Waals surface area contributed by atoms with Crippen LogP contribution in [0.3, 0.4) is 0 Å². The predicted molar refractivity (Wildman–Crippen MR) is 76.7 cm³/mol. The predicted octanol–water partition coefficient (Wildman–Crippen LogP) is 2.86. The van der Waals surface area contributed by atoms with Gasteiger partial charge in [-0.15, -0.1) is 15.6 Å². The van der Waals surface area contributed by atoms with Crippen molar-refractivity contribution in [3.63, 3.8) is 0 Å². The molecule has 1 aromatic carbocycles. The first-order chi connectivity index (χ1) is 9.53. The van der Waals surface area contributed by atoms with Gasteiger partial charge in [-0.1, -0.05) is 17.7 Å². The average Bonchev–Trinajstić information content (AvgIpc) is 2.85. The summed E-state index contributed by atoms with van der Waals surface area (Å²) >= 11 is 1.28. The summed E-state index contributed by atoms with van der Waals surface area (Å²) in [4.78, 5) is 0.0778. The number of nitrogens with one attached hydrogen (secondary N) is 1. The van der Waals surface area contributed by atoms with E-state index >= 15 is 0 Å². The number of nitriles is 1. The van der Waals surface area contributed by atoms with Crippen LogP contribution in [0.2, 0.25) is 0 Å². The molecular weight excluding hydrogens is 296 g/mol. The van der Waals surface area contributed by atoms with Crippen molar-refractivity contribution in [1.29, 1.82) is 5.26 Å². The smallest absolute Gasteiger partial charge is 0.239 e. The van der Waals surface area contributed by atoms with Crippen molar-refractivity contribution in [2.45, 2.75) is 18.2 Å². The van der Waals surface area contributed by atoms with Crippen molar-refractivity contribution in [2.75, 3.05) is 5.48 Å². The number of thiophene rings is 1. The van der Waals surface area contributed by atoms with E-state index in [1.165, 1.54) is 23.5 Å². The Morgan fingerprint density at radius 2 is 2.00 bits per heavy atom. The van der Waals surface area contributed by atoms with Crippen molar-refractivity contribution in [1.82, 2.24) is 0 Å². The third kappa shape index (κ3) is 3.36. The number of nitrogens with zero attached hydrogens (tertiary/aromatic N) is 1. The molecule has 104 valence electrons. The van der Waals surface area contributed by atoms with Gasteiger partial charge < -0.3 is 0 Å². The third-order valence-corrected chi connectivity index (χ3v) is 4.58. The zero-order chi connectivity index (χ0) is 14.6. The SMILES string of the molecule is Cc1ccc(S(=O)(=O)ONc2sccc2CC#N)cc1. The first kappa shape index (κ1) is 14.5. The summed E-state index contributed by atoms with van der Waals surface area (Å²) < 4.78 is 28.7. The van der Waals surface area contributed by atoms with Gasteiger partial charge in [-0.25, -0.2) is 5.48 Å². The van der Waals surface area contributed by atoms with Crippen molar-refractivity contribution < 1.29 is 12.7 Å². The Hall–Kier alpha value is -1.88. The summed E-state index contributed by atoms with van der Waals surface area (Å²) in [5.41, 5.74) is 4.08. The molecule has 0 aliphatic rings. The van der Waals surface area contributed by atoms with Gasteiger partial charge in [0, 0.05) is 5.56 Å². The summed E-state index contributed by atoms with van der Waals surface area (Å²) in [6, 6.07) is 10.1. The first-order valence-electron chi connectivity index (χ1n) is 5.72. The number of hydrogen-bond donors (Lipinski definition) is 1. The van der Waals surface area contributed by atoms with Crippen molar-refractivity contribution in [3.05, 3.63) is 46.8 Å². The summed E-state index contributed by atoms with van der Waals surface area (Å²) in [7, 11) is -3.87. The van der Waals surface area contributed by atoms with Gasteiger partial charge in [-0.2, -0.15) is 13.7 Å². The highest BCUT2D eigenvalue weighted by Gasteiger charge is 2.16. The number of rotatable bonds is 5. The summed E-state index contributed by atoms with van der Waals surface area (Å²) in [5, 5.41) is 10.9. The van der Waals surface area contributed by atoms with E-state index in [0.29, 0.717) is 10.6 Å². The molecule has 5 nitrogen and oxygen atoms in total. The Morgan fingerprint density at radius 3 is 2.65 bits per heavy atom. The van der Waals surface area contributed by atoms with Gasteiger partial charge in [0.2, 0.25) is 0 Å². The monoisotopic (exact) mass is 308 g/mol. The fourth-order valence-corrected chi connectivity index (χ4v) is 3.06. The molecule has 0 saturated heterocycles. The second-order valence-corrected chi connectivity index (χ2v) is 6.52. The van der Waals surface area contributed by atoms with Gasteiger partial charge in [0.05, 0.1) is 17.4 Å². The maximum atomic E-state index is 12.0. The minimum absolute atomic E-state index is 0.0778. The van der Waals surface area contributed by atoms with E-state index in [9.17, 15) is 8.42 Å². The number of aryl methyl sites for hydroxylation is 1. The lowest BCUT2D eigenvalue weighted by atomic mass is 10.2. The Morgan fingerprint density at radius 1 is 1.30 bits per heavy atom. The molecule has 1 aromatic heterocycles. The molecule has 0 bridgehead atoms. The molecule has 0 amide bonds. The maximum absolute atomic E-state index is 12.0. The zero-order valence-electron chi connectivity index (χ0n) is 10.7. The Balaban J connectivity index is 2.11. The lowest BCUT2D eigenvalue weighted by Crippen LogP contribution is -2.11. The molecule has 0 saturated carbocycles. The highest BCUT2D eigenvalue weighted by Crippen LogP contribution is 2.24. The van der Waals surface area contributed by atoms with Crippen LogP contribution in [0.25, 0.3) is 0 Å². The van der Waals surface area contributed by atoms with Gasteiger partial charge >= 0.3 is 10.1 Å². The standard InChI is InChI=1S/C13H12N2O3S2/c1-10-2-4-12(5-3-10)20(16,17)18-15-13-11(6-8-14)7-9-19-13/h2-5,7,9,15H,6H2,1H3. The van der Waals surface area contributed by atoms with Crippen molar-refractivity contribution in [3.8, 4) is 6.07 Å². The summed E-state index contributed by atoms with van der Waals surface area (Å²) in [6.45, 7) is 1.87. The van der Waals surface area contributed by atoms with Crippen LogP contribution in [0.4, 0.5) is 5.00 Å². The van der Waals surface area contributed by atoms with Gasteiger partial charge in [-0.3, -0.25) is 0 Å². The zero-order valence-corrected chi connectivity index (χ0v) is 12.3. The molecule has 0 unspecified atom stereocenters. The molecule has 0 spiro atoms. The fourth-order valence-electron chi connectivity index (χ4n) is 1.50. The van der Waals surface area contributed by atoms with Crippen molar-refractivity contribution in [2.24, 2.45) is 0 Å². The summed E-state index contributed by atoms with van der Waals surface area (Å²) in [5.74, 6) is 0. The van der Waals surface area contributed by atoms with E-state index < -0.39 is 10.1 Å². The fraction of sp³-hybridized carbons (Fsp3) is 0.154. The molecular formula is C13H12N2O3S2. The molecule has 7 heteroatoms. The van der Waals surface area contributed by atoms with E-state index in [2.05, 4.69) is 5.48 Å². The molecule has 1 N–H and O–H groups in total. The third-order valence-electron chi connectivity index (χ3n) is 2.57. The van der Waals surface area contributed by atoms with Crippen LogP contribution in [-0.4, -0.2) is 8.42 Å². The molecule has 20 heavy (non-hydrogen) atoms. The molecule has 1 heterocycles. The van der Waals surface area contributed by atoms with E-state index in [1.54, 1.807) is 23.6 Å². The van der Waals surface area contributed by atoms with Gasteiger partial charge in [0.15, 0.2) is 0 Å². The molecule has 0 aliphatic carbocycles. The van der Waals surface area contributed by atoms with Crippen LogP contribution in [0.15, 0.2) is 40.6 Å². The van der Waals surface area contributed by atoms with Crippen LogP contribution in [0.1, 0.15) is 11.1 Å². The Labute approximate surface area is 121 Å². The quantitative estimate of drug-likeness (QED) is 0.859. The van der Waals surface area contributed by atoms with Crippen LogP contribution < -0.4 is 5.48 Å². The highest BCUT2D eigenvalue weighted by atomic mass is 32.2. The maximum Gasteiger partial charge on any atom is 0.317 e. The minimum Gasteiger partial charge on any atom is -0.239 e. The Bertz CT molecular complexity index is 728. The molecule has 0 aliphatic heterocycles. The number of benzene rings is 1. The largest absolute Gasteiger partial charge is 0.317 e. The van der Waals surface area contributed by atoms with E-state index in [-0.39, 0.29) is 11.3 Å². The van der Waals surface area contributed by atoms with E-state index in [1.807, 2.05) is 13.0 Å². The van der Waals surface area contributed by atoms with E-state index in [0.717, 1.165) is 5.56 Å². The van der Waals surface area contributed by atoms with Crippen molar-refractivity contribution >= 4 is 26.5 Å². The van der Waals surface area contributed by atoms with Gasteiger partial charge in [0.1, 0.15) is 5.00 Å². The number of anilines is 1. The lowest BCUT2D eigenvalue weighted by molar-refractivity contribution is 0.392. The van der Waals surface area contributed by atoms with Crippen LogP contribution in [0, 0.1) is 18.3 Å². The molecule has 2 aromatic rings. The average molecular weight is 308 g/mol. The van der Waals surface area contributed by atoms with E-state index in [4.69, 9.17) is 9.55 Å². The topological polar surface area (TPSA) is 79.2 Å². The molecule has 2 rings (SSSR count). The summed E-state index contributed by atoms with van der Waals surface area (Å²) in [6.07, 6.45) is 0.194. The second kappa shape index (κ2) is 6.05. The highest BCUT2D eigenvalue weighted by molar-refractivity contribution is 7.86. The normalized spacial score (nSPS) is 11.0. The van der Waals surface area contributed by atoms with Gasteiger partial charge in [-0.05, 0) is 30.5 Å². The number of hydrogen-bond acceptors (Lipinski definition) is 6. The first-order valence-corrected chi connectivity index (χ1v) is 8.01. The van der Waals surface area contributed by atoms with Crippen LogP contribution >= 0.6 is 11.3 Å². The molecule has 0 radical (unpaired) electrons. The molecule has 0 atom stereocenters. The Kier molecular flexibility index (Phi) is 4.39. The lowest BCUT2D eigenvalue weighted by Gasteiger charge is -2.07.